The maximum Gasteiger partial charge on any atom is 0.272 e. The molecule has 0 saturated heterocycles. The van der Waals surface area contributed by atoms with Crippen LogP contribution in [0.25, 0.3) is 0 Å². The first-order valence-electron chi connectivity index (χ1n) is 5.70. The molecule has 0 saturated carbocycles. The van der Waals surface area contributed by atoms with Crippen molar-refractivity contribution in [2.45, 2.75) is 19.9 Å². The van der Waals surface area contributed by atoms with Gasteiger partial charge in [-0.15, -0.1) is 12.4 Å². The standard InChI is InChI=1S/C12H17N3O3.ClH/c1-9-10(4-3-5-11(9)15(17)18)8-14-12(16)6-7-13-2;/h3-5,13H,6-8H2,1-2H3,(H,14,16);1H. The Morgan fingerprint density at radius 2 is 2.11 bits per heavy atom. The quantitative estimate of drug-likeness (QED) is 0.614. The number of nitrogens with one attached hydrogen (secondary N) is 2. The van der Waals surface area contributed by atoms with E-state index < -0.39 is 4.92 Å². The van der Waals surface area contributed by atoms with Crippen LogP contribution in [-0.2, 0) is 11.3 Å². The highest BCUT2D eigenvalue weighted by Crippen LogP contribution is 2.20. The van der Waals surface area contributed by atoms with Crippen molar-refractivity contribution in [1.29, 1.82) is 0 Å². The van der Waals surface area contributed by atoms with Gasteiger partial charge in [-0.1, -0.05) is 12.1 Å². The Balaban J connectivity index is 0.00000324. The van der Waals surface area contributed by atoms with Gasteiger partial charge in [-0.05, 0) is 19.5 Å². The molecule has 0 aliphatic rings. The van der Waals surface area contributed by atoms with Gasteiger partial charge in [-0.3, -0.25) is 14.9 Å². The van der Waals surface area contributed by atoms with E-state index in [1.807, 2.05) is 0 Å². The van der Waals surface area contributed by atoms with Crippen LogP contribution >= 0.6 is 12.4 Å². The molecule has 0 unspecified atom stereocenters. The van der Waals surface area contributed by atoms with Gasteiger partial charge in [0, 0.05) is 31.1 Å². The summed E-state index contributed by atoms with van der Waals surface area (Å²) < 4.78 is 0. The average molecular weight is 288 g/mol. The molecule has 0 radical (unpaired) electrons. The maximum absolute atomic E-state index is 11.4. The van der Waals surface area contributed by atoms with Gasteiger partial charge in [0.15, 0.2) is 0 Å². The van der Waals surface area contributed by atoms with Crippen molar-refractivity contribution in [3.8, 4) is 0 Å². The number of hydrogen-bond donors (Lipinski definition) is 2. The number of benzene rings is 1. The van der Waals surface area contributed by atoms with E-state index >= 15 is 0 Å². The van der Waals surface area contributed by atoms with Crippen molar-refractivity contribution >= 4 is 24.0 Å². The van der Waals surface area contributed by atoms with Crippen LogP contribution in [0.4, 0.5) is 5.69 Å². The number of amides is 1. The number of halogens is 1. The summed E-state index contributed by atoms with van der Waals surface area (Å²) in [5.41, 5.74) is 1.44. The van der Waals surface area contributed by atoms with Crippen molar-refractivity contribution in [1.82, 2.24) is 10.6 Å². The third-order valence-corrected chi connectivity index (χ3v) is 2.69. The number of nitrogens with zero attached hydrogens (tertiary/aromatic N) is 1. The predicted octanol–water partition coefficient (Wildman–Crippen LogP) is 1.55. The summed E-state index contributed by atoms with van der Waals surface area (Å²) in [5, 5.41) is 16.4. The Labute approximate surface area is 118 Å². The number of hydrogen-bond acceptors (Lipinski definition) is 4. The third kappa shape index (κ3) is 5.23. The first-order valence-corrected chi connectivity index (χ1v) is 5.70. The molecule has 0 aliphatic heterocycles. The Morgan fingerprint density at radius 1 is 1.42 bits per heavy atom. The Hall–Kier alpha value is -1.66. The molecule has 0 heterocycles. The number of carbonyl (C=O) groups excluding carboxylic acids is 1. The topological polar surface area (TPSA) is 84.3 Å². The second kappa shape index (κ2) is 8.44. The molecule has 1 aromatic carbocycles. The average Bonchev–Trinajstić information content (AvgIpc) is 2.34. The summed E-state index contributed by atoms with van der Waals surface area (Å²) in [6.45, 7) is 2.61. The van der Waals surface area contributed by atoms with Gasteiger partial charge in [0.05, 0.1) is 4.92 Å². The van der Waals surface area contributed by atoms with E-state index in [1.165, 1.54) is 6.07 Å². The number of nitro groups is 1. The number of rotatable bonds is 6. The van der Waals surface area contributed by atoms with E-state index in [-0.39, 0.29) is 24.0 Å². The first-order chi connectivity index (χ1) is 8.56. The lowest BCUT2D eigenvalue weighted by molar-refractivity contribution is -0.385. The number of nitro benzene ring substituents is 1. The van der Waals surface area contributed by atoms with Crippen LogP contribution in [0.1, 0.15) is 17.5 Å². The summed E-state index contributed by atoms with van der Waals surface area (Å²) in [5.74, 6) is -0.0738. The van der Waals surface area contributed by atoms with Gasteiger partial charge in [-0.2, -0.15) is 0 Å². The minimum absolute atomic E-state index is 0. The Bertz CT molecular complexity index is 452. The largest absolute Gasteiger partial charge is 0.352 e. The Kier molecular flexibility index (Phi) is 7.71. The molecule has 1 amide bonds. The monoisotopic (exact) mass is 287 g/mol. The Morgan fingerprint density at radius 3 is 2.68 bits per heavy atom. The van der Waals surface area contributed by atoms with Crippen LogP contribution < -0.4 is 10.6 Å². The SMILES string of the molecule is CNCCC(=O)NCc1cccc([N+](=O)[O-])c1C.Cl. The second-order valence-electron chi connectivity index (χ2n) is 3.95. The van der Waals surface area contributed by atoms with Crippen LogP contribution in [0.2, 0.25) is 0 Å². The highest BCUT2D eigenvalue weighted by molar-refractivity contribution is 5.85. The lowest BCUT2D eigenvalue weighted by Gasteiger charge is -2.08. The van der Waals surface area contributed by atoms with E-state index in [4.69, 9.17) is 0 Å². The molecule has 7 heteroatoms. The first kappa shape index (κ1) is 17.3. The highest BCUT2D eigenvalue weighted by atomic mass is 35.5. The second-order valence-corrected chi connectivity index (χ2v) is 3.95. The smallest absolute Gasteiger partial charge is 0.272 e. The van der Waals surface area contributed by atoms with Crippen molar-refractivity contribution in [3.63, 3.8) is 0 Å². The van der Waals surface area contributed by atoms with Gasteiger partial charge in [0.25, 0.3) is 5.69 Å². The lowest BCUT2D eigenvalue weighted by Crippen LogP contribution is -2.26. The summed E-state index contributed by atoms with van der Waals surface area (Å²) in [7, 11) is 1.78. The zero-order valence-electron chi connectivity index (χ0n) is 10.9. The molecule has 19 heavy (non-hydrogen) atoms. The normalized spacial score (nSPS) is 9.58. The summed E-state index contributed by atoms with van der Waals surface area (Å²) in [4.78, 5) is 21.8. The summed E-state index contributed by atoms with van der Waals surface area (Å²) in [6.07, 6.45) is 0.393. The molecular weight excluding hydrogens is 270 g/mol. The minimum atomic E-state index is -0.415. The zero-order chi connectivity index (χ0) is 13.5. The van der Waals surface area contributed by atoms with Crippen molar-refractivity contribution in [2.75, 3.05) is 13.6 Å². The van der Waals surface area contributed by atoms with E-state index in [1.54, 1.807) is 26.1 Å². The van der Waals surface area contributed by atoms with E-state index in [9.17, 15) is 14.9 Å². The maximum atomic E-state index is 11.4. The molecule has 1 rings (SSSR count). The molecule has 1 aromatic rings. The molecule has 0 fully saturated rings. The van der Waals surface area contributed by atoms with Crippen LogP contribution in [0.5, 0.6) is 0 Å². The molecule has 106 valence electrons. The minimum Gasteiger partial charge on any atom is -0.352 e. The van der Waals surface area contributed by atoms with Crippen LogP contribution in [-0.4, -0.2) is 24.4 Å². The molecule has 0 spiro atoms. The van der Waals surface area contributed by atoms with Gasteiger partial charge in [0.2, 0.25) is 5.91 Å². The van der Waals surface area contributed by atoms with Crippen LogP contribution in [0.15, 0.2) is 18.2 Å². The molecule has 0 atom stereocenters. The summed E-state index contributed by atoms with van der Waals surface area (Å²) in [6, 6.07) is 4.86. The summed E-state index contributed by atoms with van der Waals surface area (Å²) >= 11 is 0. The fraction of sp³-hybridized carbons (Fsp3) is 0.417. The van der Waals surface area contributed by atoms with Gasteiger partial charge < -0.3 is 10.6 Å². The van der Waals surface area contributed by atoms with E-state index in [0.29, 0.717) is 25.1 Å². The van der Waals surface area contributed by atoms with Crippen LogP contribution in [0, 0.1) is 17.0 Å². The molecule has 6 nitrogen and oxygen atoms in total. The fourth-order valence-corrected chi connectivity index (χ4v) is 1.58. The fourth-order valence-electron chi connectivity index (χ4n) is 1.58. The van der Waals surface area contributed by atoms with Crippen molar-refractivity contribution in [3.05, 3.63) is 39.4 Å². The molecule has 0 bridgehead atoms. The highest BCUT2D eigenvalue weighted by Gasteiger charge is 2.13. The number of carbonyl (C=O) groups is 1. The molecule has 2 N–H and O–H groups in total. The molecule has 0 aliphatic carbocycles. The van der Waals surface area contributed by atoms with Crippen molar-refractivity contribution in [2.24, 2.45) is 0 Å². The van der Waals surface area contributed by atoms with E-state index in [0.717, 1.165) is 5.56 Å². The zero-order valence-corrected chi connectivity index (χ0v) is 11.8. The van der Waals surface area contributed by atoms with Gasteiger partial charge >= 0.3 is 0 Å². The molecular formula is C12H18ClN3O3. The predicted molar refractivity (Wildman–Crippen MR) is 75.5 cm³/mol. The van der Waals surface area contributed by atoms with Gasteiger partial charge in [-0.25, -0.2) is 0 Å². The third-order valence-electron chi connectivity index (χ3n) is 2.69. The molecule has 0 aromatic heterocycles. The van der Waals surface area contributed by atoms with Gasteiger partial charge in [0.1, 0.15) is 0 Å². The van der Waals surface area contributed by atoms with E-state index in [2.05, 4.69) is 10.6 Å². The van der Waals surface area contributed by atoms with Crippen LogP contribution in [0.3, 0.4) is 0 Å². The van der Waals surface area contributed by atoms with Crippen molar-refractivity contribution < 1.29 is 9.72 Å². The lowest BCUT2D eigenvalue weighted by atomic mass is 10.1.